The Bertz CT molecular complexity index is 569. The Kier molecular flexibility index (Phi) is 8.85. The smallest absolute Gasteiger partial charge is 0.157 e. The molecule has 1 heterocycles. The lowest BCUT2D eigenvalue weighted by Crippen LogP contribution is -2.23. The van der Waals surface area contributed by atoms with E-state index in [1.54, 1.807) is 0 Å². The van der Waals surface area contributed by atoms with Gasteiger partial charge in [0.2, 0.25) is 0 Å². The van der Waals surface area contributed by atoms with Crippen LogP contribution in [0.5, 0.6) is 0 Å². The molecule has 0 spiro atoms. The zero-order valence-corrected chi connectivity index (χ0v) is 16.1. The lowest BCUT2D eigenvalue weighted by molar-refractivity contribution is -0.162. The second-order valence-corrected chi connectivity index (χ2v) is 7.04. The van der Waals surface area contributed by atoms with Crippen LogP contribution in [0.2, 0.25) is 0 Å². The fourth-order valence-corrected chi connectivity index (χ4v) is 3.26. The lowest BCUT2D eigenvalue weighted by Gasteiger charge is -2.23. The van der Waals surface area contributed by atoms with E-state index in [0.717, 1.165) is 45.4 Å². The van der Waals surface area contributed by atoms with Crippen LogP contribution >= 0.6 is 0 Å². The first kappa shape index (κ1) is 20.1. The minimum Gasteiger partial charge on any atom is -0.353 e. The highest BCUT2D eigenvalue weighted by atomic mass is 16.7. The summed E-state index contributed by atoms with van der Waals surface area (Å²) < 4.78 is 11.4. The van der Waals surface area contributed by atoms with E-state index in [1.165, 1.54) is 24.0 Å². The Morgan fingerprint density at radius 3 is 2.11 bits per heavy atom. The van der Waals surface area contributed by atoms with E-state index in [-0.39, 0.29) is 6.29 Å². The second-order valence-electron chi connectivity index (χ2n) is 7.04. The maximum atomic E-state index is 5.83. The fourth-order valence-electron chi connectivity index (χ4n) is 3.26. The highest BCUT2D eigenvalue weighted by Gasteiger charge is 2.13. The Hall–Kier alpha value is -1.68. The van der Waals surface area contributed by atoms with Gasteiger partial charge >= 0.3 is 0 Å². The summed E-state index contributed by atoms with van der Waals surface area (Å²) in [6, 6.07) is 21.0. The van der Waals surface area contributed by atoms with Crippen LogP contribution in [-0.2, 0) is 9.47 Å². The third kappa shape index (κ3) is 7.84. The van der Waals surface area contributed by atoms with Gasteiger partial charge in [-0.3, -0.25) is 4.90 Å². The molecule has 1 unspecified atom stereocenters. The molecule has 27 heavy (non-hydrogen) atoms. The van der Waals surface area contributed by atoms with Crippen molar-refractivity contribution in [3.8, 4) is 0 Å². The Balaban J connectivity index is 1.39. The third-order valence-corrected chi connectivity index (χ3v) is 4.73. The van der Waals surface area contributed by atoms with Gasteiger partial charge in [0.1, 0.15) is 0 Å². The van der Waals surface area contributed by atoms with Crippen LogP contribution in [0.25, 0.3) is 0 Å². The lowest BCUT2D eigenvalue weighted by atomic mass is 10.1. The van der Waals surface area contributed by atoms with Gasteiger partial charge in [0.05, 0.1) is 13.1 Å². The zero-order chi connectivity index (χ0) is 18.6. The Labute approximate surface area is 164 Å². The molecule has 144 valence electrons. The van der Waals surface area contributed by atoms with Crippen molar-refractivity contribution < 1.29 is 9.47 Å². The summed E-state index contributed by atoms with van der Waals surface area (Å²) >= 11 is 0. The Morgan fingerprint density at radius 2 is 1.52 bits per heavy atom. The summed E-state index contributed by atoms with van der Waals surface area (Å²) in [4.78, 5) is 2.30. The number of nitrogens with zero attached hydrogens (tertiary/aromatic N) is 1. The van der Waals surface area contributed by atoms with E-state index >= 15 is 0 Å². The van der Waals surface area contributed by atoms with Gasteiger partial charge in [0, 0.05) is 13.2 Å². The van der Waals surface area contributed by atoms with Gasteiger partial charge in [0.15, 0.2) is 6.29 Å². The molecule has 0 aromatic heterocycles. The van der Waals surface area contributed by atoms with E-state index in [4.69, 9.17) is 9.47 Å². The molecule has 2 aromatic rings. The van der Waals surface area contributed by atoms with Gasteiger partial charge in [-0.2, -0.15) is 0 Å². The molecule has 1 atom stereocenters. The molecule has 1 fully saturated rings. The van der Waals surface area contributed by atoms with E-state index < -0.39 is 0 Å². The molecule has 0 bridgehead atoms. The van der Waals surface area contributed by atoms with Crippen molar-refractivity contribution in [2.75, 3.05) is 19.8 Å². The molecule has 2 aromatic carbocycles. The van der Waals surface area contributed by atoms with Crippen molar-refractivity contribution in [1.29, 1.82) is 0 Å². The predicted molar refractivity (Wildman–Crippen MR) is 110 cm³/mol. The van der Waals surface area contributed by atoms with Crippen LogP contribution in [0.3, 0.4) is 0 Å². The molecule has 1 aliphatic heterocycles. The van der Waals surface area contributed by atoms with Crippen molar-refractivity contribution in [3.05, 3.63) is 84.9 Å². The number of hydrogen-bond acceptors (Lipinski definition) is 3. The minimum absolute atomic E-state index is 0.0353. The average Bonchev–Trinajstić information content (AvgIpc) is 2.73. The van der Waals surface area contributed by atoms with Crippen LogP contribution in [0, 0.1) is 13.1 Å². The SMILES string of the molecule is [CH](c1ccccc1)N([CH]c1ccccc1)CCCCCOC1CCCCO1. The number of ether oxygens (including phenoxy) is 2. The van der Waals surface area contributed by atoms with Crippen LogP contribution in [-0.4, -0.2) is 30.9 Å². The van der Waals surface area contributed by atoms with Gasteiger partial charge in [0.25, 0.3) is 0 Å². The zero-order valence-electron chi connectivity index (χ0n) is 16.1. The first-order valence-electron chi connectivity index (χ1n) is 10.2. The number of unbranched alkanes of at least 4 members (excludes halogenated alkanes) is 2. The van der Waals surface area contributed by atoms with Crippen LogP contribution < -0.4 is 0 Å². The van der Waals surface area contributed by atoms with Crippen LogP contribution in [0.1, 0.15) is 49.7 Å². The van der Waals surface area contributed by atoms with E-state index in [9.17, 15) is 0 Å². The summed E-state index contributed by atoms with van der Waals surface area (Å²) in [5.41, 5.74) is 2.45. The summed E-state index contributed by atoms with van der Waals surface area (Å²) in [6.07, 6.45) is 6.87. The maximum absolute atomic E-state index is 5.83. The van der Waals surface area contributed by atoms with Gasteiger partial charge in [-0.05, 0) is 56.2 Å². The molecule has 2 radical (unpaired) electrons. The second kappa shape index (κ2) is 11.9. The highest BCUT2D eigenvalue weighted by molar-refractivity contribution is 5.26. The molecule has 1 aliphatic rings. The quantitative estimate of drug-likeness (QED) is 0.496. The monoisotopic (exact) mass is 365 g/mol. The topological polar surface area (TPSA) is 21.7 Å². The summed E-state index contributed by atoms with van der Waals surface area (Å²) in [5, 5.41) is 0. The van der Waals surface area contributed by atoms with Crippen molar-refractivity contribution in [1.82, 2.24) is 4.90 Å². The molecular weight excluding hydrogens is 334 g/mol. The normalized spacial score (nSPS) is 17.3. The third-order valence-electron chi connectivity index (χ3n) is 4.73. The molecule has 0 saturated carbocycles. The largest absolute Gasteiger partial charge is 0.353 e. The molecule has 1 saturated heterocycles. The fraction of sp³-hybridized carbons (Fsp3) is 0.417. The van der Waals surface area contributed by atoms with Crippen LogP contribution in [0.15, 0.2) is 60.7 Å². The molecule has 3 nitrogen and oxygen atoms in total. The highest BCUT2D eigenvalue weighted by Crippen LogP contribution is 2.16. The summed E-state index contributed by atoms with van der Waals surface area (Å²) in [6.45, 7) is 7.10. The van der Waals surface area contributed by atoms with E-state index in [0.29, 0.717) is 0 Å². The van der Waals surface area contributed by atoms with Crippen molar-refractivity contribution in [2.45, 2.75) is 44.8 Å². The maximum Gasteiger partial charge on any atom is 0.157 e. The van der Waals surface area contributed by atoms with E-state index in [1.807, 2.05) is 0 Å². The van der Waals surface area contributed by atoms with Crippen LogP contribution in [0.4, 0.5) is 0 Å². The number of hydrogen-bond donors (Lipinski definition) is 0. The van der Waals surface area contributed by atoms with Crippen molar-refractivity contribution in [3.63, 3.8) is 0 Å². The average molecular weight is 366 g/mol. The molecule has 3 rings (SSSR count). The standard InChI is InChI=1S/C24H31NO2/c1-4-12-22(13-5-1)20-25(21-23-14-6-2-7-15-23)17-9-3-10-18-26-24-16-8-11-19-27-24/h1-2,4-7,12-15,20-21,24H,3,8-11,16-19H2. The predicted octanol–water partition coefficient (Wildman–Crippen LogP) is 5.42. The van der Waals surface area contributed by atoms with E-state index in [2.05, 4.69) is 78.7 Å². The first-order valence-corrected chi connectivity index (χ1v) is 10.2. The van der Waals surface area contributed by atoms with Crippen molar-refractivity contribution >= 4 is 0 Å². The Morgan fingerprint density at radius 1 is 0.852 bits per heavy atom. The first-order chi connectivity index (χ1) is 13.4. The number of rotatable bonds is 11. The molecule has 0 N–H and O–H groups in total. The minimum atomic E-state index is 0.0353. The number of benzene rings is 2. The van der Waals surface area contributed by atoms with Gasteiger partial charge < -0.3 is 9.47 Å². The van der Waals surface area contributed by atoms with Gasteiger partial charge in [-0.1, -0.05) is 60.7 Å². The van der Waals surface area contributed by atoms with Crippen molar-refractivity contribution in [2.24, 2.45) is 0 Å². The molecule has 0 amide bonds. The molecular formula is C24H31NO2. The summed E-state index contributed by atoms with van der Waals surface area (Å²) in [7, 11) is 0. The summed E-state index contributed by atoms with van der Waals surface area (Å²) in [5.74, 6) is 0. The van der Waals surface area contributed by atoms with Gasteiger partial charge in [-0.15, -0.1) is 0 Å². The van der Waals surface area contributed by atoms with Gasteiger partial charge in [-0.25, -0.2) is 0 Å². The molecule has 3 heteroatoms. The molecule has 0 aliphatic carbocycles.